The second kappa shape index (κ2) is 4.19. The summed E-state index contributed by atoms with van der Waals surface area (Å²) in [6, 6.07) is 3.45. The van der Waals surface area contributed by atoms with Crippen LogP contribution < -0.4 is 10.0 Å². The Morgan fingerprint density at radius 3 is 2.50 bits per heavy atom. The van der Waals surface area contributed by atoms with Gasteiger partial charge in [0.25, 0.3) is 5.69 Å². The van der Waals surface area contributed by atoms with Crippen LogP contribution in [0.2, 0.25) is 0 Å². The molecule has 1 aromatic carbocycles. The smallest absolute Gasteiger partial charge is 0.270 e. The summed E-state index contributed by atoms with van der Waals surface area (Å²) in [7, 11) is -4.06. The summed E-state index contributed by atoms with van der Waals surface area (Å²) >= 11 is 0. The van der Waals surface area contributed by atoms with Gasteiger partial charge in [-0.3, -0.25) is 10.1 Å². The minimum Gasteiger partial charge on any atom is -0.389 e. The third kappa shape index (κ3) is 2.28. The zero-order valence-corrected chi connectivity index (χ0v) is 10.0. The van der Waals surface area contributed by atoms with E-state index in [1.807, 2.05) is 0 Å². The lowest BCUT2D eigenvalue weighted by Crippen LogP contribution is -2.51. The van der Waals surface area contributed by atoms with E-state index < -0.39 is 21.1 Å². The quantitative estimate of drug-likeness (QED) is 0.560. The highest BCUT2D eigenvalue weighted by atomic mass is 32.2. The summed E-state index contributed by atoms with van der Waals surface area (Å²) in [6.07, 6.45) is -0.520. The average molecular weight is 273 g/mol. The molecule has 9 heteroatoms. The lowest BCUT2D eigenvalue weighted by Gasteiger charge is -2.38. The van der Waals surface area contributed by atoms with Crippen LogP contribution in [0.25, 0.3) is 0 Å². The van der Waals surface area contributed by atoms with Crippen molar-refractivity contribution < 1.29 is 18.4 Å². The number of nitrogens with two attached hydrogens (primary N) is 1. The van der Waals surface area contributed by atoms with Crippen LogP contribution in [0.4, 0.5) is 11.4 Å². The number of primary sulfonamides is 1. The zero-order valence-electron chi connectivity index (χ0n) is 9.18. The molecule has 8 nitrogen and oxygen atoms in total. The molecule has 1 aliphatic rings. The Morgan fingerprint density at radius 1 is 1.44 bits per heavy atom. The summed E-state index contributed by atoms with van der Waals surface area (Å²) in [6.45, 7) is 0.556. The van der Waals surface area contributed by atoms with Gasteiger partial charge in [-0.1, -0.05) is 0 Å². The van der Waals surface area contributed by atoms with E-state index >= 15 is 0 Å². The number of non-ortho nitro benzene ring substituents is 1. The fourth-order valence-corrected chi connectivity index (χ4v) is 2.53. The van der Waals surface area contributed by atoms with Crippen molar-refractivity contribution in [1.82, 2.24) is 0 Å². The first kappa shape index (κ1) is 12.7. The molecule has 0 aromatic heterocycles. The van der Waals surface area contributed by atoms with Crippen molar-refractivity contribution in [2.45, 2.75) is 11.0 Å². The summed E-state index contributed by atoms with van der Waals surface area (Å²) in [5.74, 6) is 0. The number of hydrogen-bond acceptors (Lipinski definition) is 6. The number of nitrogens with zero attached hydrogens (tertiary/aromatic N) is 2. The molecule has 0 bridgehead atoms. The molecule has 0 atom stereocenters. The van der Waals surface area contributed by atoms with Gasteiger partial charge in [0, 0.05) is 25.2 Å². The standard InChI is InChI=1S/C9H11N3O5S/c10-18(16,17)9-3-6(12(14)15)1-2-8(9)11-4-7(13)5-11/h1-3,7,13H,4-5H2,(H2,10,16,17). The lowest BCUT2D eigenvalue weighted by atomic mass is 10.1. The molecular weight excluding hydrogens is 262 g/mol. The number of β-amino-alcohol motifs (C(OH)–C–C–N with tert-alkyl or cyclic N) is 1. The Bertz CT molecular complexity index is 594. The van der Waals surface area contributed by atoms with E-state index in [-0.39, 0.29) is 29.4 Å². The Labute approximate surface area is 103 Å². The second-order valence-electron chi connectivity index (χ2n) is 4.01. The van der Waals surface area contributed by atoms with Gasteiger partial charge in [-0.05, 0) is 6.07 Å². The van der Waals surface area contributed by atoms with Crippen molar-refractivity contribution in [3.8, 4) is 0 Å². The molecule has 1 saturated heterocycles. The van der Waals surface area contributed by atoms with E-state index in [1.54, 1.807) is 4.90 Å². The number of sulfonamides is 1. The fourth-order valence-electron chi connectivity index (χ4n) is 1.76. The van der Waals surface area contributed by atoms with Crippen LogP contribution in [0.15, 0.2) is 23.1 Å². The van der Waals surface area contributed by atoms with Gasteiger partial charge in [-0.15, -0.1) is 0 Å². The normalized spacial score (nSPS) is 16.4. The molecule has 18 heavy (non-hydrogen) atoms. The van der Waals surface area contributed by atoms with Crippen molar-refractivity contribution >= 4 is 21.4 Å². The lowest BCUT2D eigenvalue weighted by molar-refractivity contribution is -0.385. The minimum atomic E-state index is -4.06. The minimum absolute atomic E-state index is 0.272. The first-order valence-corrected chi connectivity index (χ1v) is 6.58. The van der Waals surface area contributed by atoms with Gasteiger partial charge in [0.1, 0.15) is 4.90 Å². The number of benzene rings is 1. The molecule has 0 unspecified atom stereocenters. The van der Waals surface area contributed by atoms with Crippen molar-refractivity contribution in [1.29, 1.82) is 0 Å². The van der Waals surface area contributed by atoms with Gasteiger partial charge in [0.05, 0.1) is 16.7 Å². The average Bonchev–Trinajstić information content (AvgIpc) is 2.22. The number of anilines is 1. The van der Waals surface area contributed by atoms with Gasteiger partial charge in [0.2, 0.25) is 10.0 Å². The van der Waals surface area contributed by atoms with Crippen molar-refractivity contribution in [3.63, 3.8) is 0 Å². The molecule has 0 spiro atoms. The van der Waals surface area contributed by atoms with E-state index in [0.29, 0.717) is 0 Å². The molecule has 2 rings (SSSR count). The first-order valence-electron chi connectivity index (χ1n) is 5.03. The third-order valence-corrected chi connectivity index (χ3v) is 3.60. The number of hydrogen-bond donors (Lipinski definition) is 2. The molecule has 1 heterocycles. The maximum atomic E-state index is 11.4. The van der Waals surface area contributed by atoms with E-state index in [9.17, 15) is 23.6 Å². The van der Waals surface area contributed by atoms with Gasteiger partial charge >= 0.3 is 0 Å². The first-order chi connectivity index (χ1) is 8.29. The van der Waals surface area contributed by atoms with E-state index in [4.69, 9.17) is 5.14 Å². The largest absolute Gasteiger partial charge is 0.389 e. The number of rotatable bonds is 3. The van der Waals surface area contributed by atoms with Crippen molar-refractivity contribution in [2.75, 3.05) is 18.0 Å². The second-order valence-corrected chi connectivity index (χ2v) is 5.54. The maximum Gasteiger partial charge on any atom is 0.270 e. The molecule has 0 amide bonds. The molecule has 1 fully saturated rings. The highest BCUT2D eigenvalue weighted by Crippen LogP contribution is 2.31. The van der Waals surface area contributed by atoms with Gasteiger partial charge in [0.15, 0.2) is 0 Å². The molecule has 0 aliphatic carbocycles. The third-order valence-electron chi connectivity index (χ3n) is 2.66. The Morgan fingerprint density at radius 2 is 2.06 bits per heavy atom. The van der Waals surface area contributed by atoms with Crippen LogP contribution in [-0.4, -0.2) is 37.6 Å². The zero-order chi connectivity index (χ0) is 13.5. The van der Waals surface area contributed by atoms with Crippen LogP contribution >= 0.6 is 0 Å². The van der Waals surface area contributed by atoms with Gasteiger partial charge in [-0.2, -0.15) is 0 Å². The predicted molar refractivity (Wildman–Crippen MR) is 62.7 cm³/mol. The Hall–Kier alpha value is -1.71. The Kier molecular flexibility index (Phi) is 2.97. The summed E-state index contributed by atoms with van der Waals surface area (Å²) in [4.78, 5) is 11.2. The molecule has 1 aromatic rings. The molecular formula is C9H11N3O5S. The molecule has 0 radical (unpaired) electrons. The predicted octanol–water partition coefficient (Wildman–Crippen LogP) is -0.577. The maximum absolute atomic E-state index is 11.4. The van der Waals surface area contributed by atoms with Gasteiger partial charge < -0.3 is 10.0 Å². The number of nitro benzene ring substituents is 1. The summed E-state index contributed by atoms with van der Waals surface area (Å²) in [5, 5.41) is 24.8. The molecule has 1 aliphatic heterocycles. The van der Waals surface area contributed by atoms with Crippen LogP contribution in [0.5, 0.6) is 0 Å². The Balaban J connectivity index is 2.50. The van der Waals surface area contributed by atoms with E-state index in [2.05, 4.69) is 0 Å². The van der Waals surface area contributed by atoms with Crippen LogP contribution in [0.3, 0.4) is 0 Å². The topological polar surface area (TPSA) is 127 Å². The van der Waals surface area contributed by atoms with Crippen molar-refractivity contribution in [3.05, 3.63) is 28.3 Å². The summed E-state index contributed by atoms with van der Waals surface area (Å²) in [5.41, 5.74) is -0.0720. The fraction of sp³-hybridized carbons (Fsp3) is 0.333. The van der Waals surface area contributed by atoms with Gasteiger partial charge in [-0.25, -0.2) is 13.6 Å². The number of aliphatic hydroxyl groups is 1. The monoisotopic (exact) mass is 273 g/mol. The van der Waals surface area contributed by atoms with Crippen LogP contribution in [0, 0.1) is 10.1 Å². The van der Waals surface area contributed by atoms with Crippen molar-refractivity contribution in [2.24, 2.45) is 5.14 Å². The SMILES string of the molecule is NS(=O)(=O)c1cc([N+](=O)[O-])ccc1N1CC(O)C1. The molecule has 0 saturated carbocycles. The summed E-state index contributed by atoms with van der Waals surface area (Å²) < 4.78 is 22.8. The molecule has 98 valence electrons. The highest BCUT2D eigenvalue weighted by Gasteiger charge is 2.30. The van der Waals surface area contributed by atoms with E-state index in [0.717, 1.165) is 6.07 Å². The van der Waals surface area contributed by atoms with Crippen LogP contribution in [-0.2, 0) is 10.0 Å². The number of nitro groups is 1. The number of aliphatic hydroxyl groups excluding tert-OH is 1. The highest BCUT2D eigenvalue weighted by molar-refractivity contribution is 7.89. The molecule has 3 N–H and O–H groups in total. The van der Waals surface area contributed by atoms with Crippen LogP contribution in [0.1, 0.15) is 0 Å². The van der Waals surface area contributed by atoms with E-state index in [1.165, 1.54) is 12.1 Å².